The number of ketones is 1. The van der Waals surface area contributed by atoms with Gasteiger partial charge in [-0.15, -0.1) is 0 Å². The number of thiol groups is 1. The predicted octanol–water partition coefficient (Wildman–Crippen LogP) is 4.49. The van der Waals surface area contributed by atoms with Gasteiger partial charge in [0.2, 0.25) is 6.10 Å². The van der Waals surface area contributed by atoms with E-state index in [-0.39, 0.29) is 37.0 Å². The highest BCUT2D eigenvalue weighted by molar-refractivity contribution is 7.80. The number of fused-ring (bicyclic) bond motifs is 5. The van der Waals surface area contributed by atoms with Crippen LogP contribution in [0.3, 0.4) is 0 Å². The minimum atomic E-state index is -1.84. The van der Waals surface area contributed by atoms with Crippen molar-refractivity contribution in [1.82, 2.24) is 0 Å². The van der Waals surface area contributed by atoms with Crippen LogP contribution in [0.5, 0.6) is 0 Å². The molecule has 4 aliphatic rings. The van der Waals surface area contributed by atoms with Gasteiger partial charge in [-0.25, -0.2) is 14.4 Å². The van der Waals surface area contributed by atoms with Gasteiger partial charge in [0, 0.05) is 31.6 Å². The topological polar surface area (TPSA) is 198 Å². The number of ether oxygens (including phenoxy) is 6. The Kier molecular flexibility index (Phi) is 13.3. The summed E-state index contributed by atoms with van der Waals surface area (Å²) in [5, 5.41) is 24.1. The molecule has 14 nitrogen and oxygen atoms in total. The van der Waals surface area contributed by atoms with Gasteiger partial charge >= 0.3 is 29.8 Å². The summed E-state index contributed by atoms with van der Waals surface area (Å²) in [6, 6.07) is 17.0. The summed E-state index contributed by atoms with van der Waals surface area (Å²) < 4.78 is 35.5. The van der Waals surface area contributed by atoms with Crippen LogP contribution in [-0.2, 0) is 52.4 Å². The number of aliphatic hydroxyl groups excluding tert-OH is 2. The van der Waals surface area contributed by atoms with Crippen LogP contribution in [-0.4, -0.2) is 107 Å². The maximum atomic E-state index is 15.0. The highest BCUT2D eigenvalue weighted by Crippen LogP contribution is 2.63. The first-order valence-electron chi connectivity index (χ1n) is 20.3. The van der Waals surface area contributed by atoms with Crippen molar-refractivity contribution < 1.29 is 67.4 Å². The second-order valence-corrected chi connectivity index (χ2v) is 17.5. The quantitative estimate of drug-likeness (QED) is 0.110. The number of hydrogen-bond donors (Lipinski definition) is 3. The van der Waals surface area contributed by atoms with E-state index in [0.717, 1.165) is 0 Å². The zero-order valence-electron chi connectivity index (χ0n) is 34.7. The summed E-state index contributed by atoms with van der Waals surface area (Å²) in [6.45, 7) is 8.70. The minimum absolute atomic E-state index is 0.0325. The molecule has 1 aliphatic heterocycles. The minimum Gasteiger partial charge on any atom is -0.458 e. The molecular formula is C45H54O14S. The summed E-state index contributed by atoms with van der Waals surface area (Å²) in [7, 11) is 0. The van der Waals surface area contributed by atoms with Gasteiger partial charge in [-0.1, -0.05) is 69.3 Å². The van der Waals surface area contributed by atoms with Crippen molar-refractivity contribution in [3.05, 3.63) is 82.9 Å². The van der Waals surface area contributed by atoms with Gasteiger partial charge in [0.25, 0.3) is 0 Å². The zero-order valence-corrected chi connectivity index (χ0v) is 35.6. The van der Waals surface area contributed by atoms with Gasteiger partial charge in [0.15, 0.2) is 18.0 Å². The zero-order chi connectivity index (χ0) is 43.7. The number of benzene rings is 2. The lowest BCUT2D eigenvalue weighted by molar-refractivity contribution is -0.335. The van der Waals surface area contributed by atoms with E-state index >= 15 is 4.79 Å². The van der Waals surface area contributed by atoms with Gasteiger partial charge in [-0.3, -0.25) is 14.4 Å². The van der Waals surface area contributed by atoms with Crippen LogP contribution in [0.1, 0.15) is 89.1 Å². The van der Waals surface area contributed by atoms with Crippen LogP contribution < -0.4 is 0 Å². The standard InChI is InChI=1S/C45H54O14S/c1-24(27-14-9-7-10-15-27)37(57-34(49)22-54-33(48)18-13-19-60)42(53)56-30-20-29-38(58-41(52)28-16-11-8-12-17-28)39-44(6,40(51)36(50)35(25(30)2)43(29,4)5)31(47)21-32-45(39,23-55-32)59-26(3)46/h7-12,14-17,24,29-32,36-39,47,50,60H,13,18-23H2,1-6H3/t24-,29+,30-,31-,32+,36+,37+,38+,39-,44+,45-/m0/s1. The molecular weight excluding hydrogens is 797 g/mol. The lowest BCUT2D eigenvalue weighted by Gasteiger charge is -2.65. The van der Waals surface area contributed by atoms with Crippen LogP contribution >= 0.6 is 12.6 Å². The van der Waals surface area contributed by atoms with E-state index in [1.807, 2.05) is 0 Å². The molecule has 6 rings (SSSR count). The summed E-state index contributed by atoms with van der Waals surface area (Å²) in [4.78, 5) is 81.8. The van der Waals surface area contributed by atoms with Crippen LogP contribution in [0.15, 0.2) is 71.8 Å². The molecule has 0 aromatic heterocycles. The molecule has 3 fully saturated rings. The number of carbonyl (C=O) groups is 6. The summed E-state index contributed by atoms with van der Waals surface area (Å²) in [5.74, 6) is -7.20. The van der Waals surface area contributed by atoms with E-state index in [1.165, 1.54) is 13.8 Å². The van der Waals surface area contributed by atoms with Gasteiger partial charge in [0.05, 0.1) is 29.6 Å². The number of rotatable bonds is 13. The second-order valence-electron chi connectivity index (χ2n) is 17.0. The molecule has 324 valence electrons. The molecule has 2 aromatic rings. The molecule has 0 radical (unpaired) electrons. The van der Waals surface area contributed by atoms with Crippen molar-refractivity contribution in [2.24, 2.45) is 22.7 Å². The highest BCUT2D eigenvalue weighted by Gasteiger charge is 2.75. The first-order chi connectivity index (χ1) is 28.4. The third-order valence-electron chi connectivity index (χ3n) is 13.1. The van der Waals surface area contributed by atoms with E-state index in [9.17, 15) is 34.2 Å². The Hall–Kier alpha value is -4.57. The number of hydrogen-bond acceptors (Lipinski definition) is 15. The van der Waals surface area contributed by atoms with Crippen molar-refractivity contribution in [1.29, 1.82) is 0 Å². The highest BCUT2D eigenvalue weighted by atomic mass is 32.1. The molecule has 2 saturated carbocycles. The Morgan fingerprint density at radius 3 is 2.18 bits per heavy atom. The molecule has 1 heterocycles. The van der Waals surface area contributed by atoms with Gasteiger partial charge in [-0.05, 0) is 66.7 Å². The summed E-state index contributed by atoms with van der Waals surface area (Å²) >= 11 is 4.09. The van der Waals surface area contributed by atoms with Crippen molar-refractivity contribution in [3.63, 3.8) is 0 Å². The Balaban J connectivity index is 1.43. The smallest absolute Gasteiger partial charge is 0.348 e. The molecule has 3 aliphatic carbocycles. The van der Waals surface area contributed by atoms with Crippen molar-refractivity contribution in [2.45, 2.75) is 115 Å². The van der Waals surface area contributed by atoms with Crippen molar-refractivity contribution >= 4 is 48.3 Å². The van der Waals surface area contributed by atoms with Crippen LogP contribution in [0.25, 0.3) is 0 Å². The van der Waals surface area contributed by atoms with E-state index in [0.29, 0.717) is 23.3 Å². The lowest BCUT2D eigenvalue weighted by atomic mass is 9.46. The largest absolute Gasteiger partial charge is 0.458 e. The van der Waals surface area contributed by atoms with Crippen LogP contribution in [0.2, 0.25) is 0 Å². The Morgan fingerprint density at radius 2 is 1.58 bits per heavy atom. The average molecular weight is 851 g/mol. The van der Waals surface area contributed by atoms with Gasteiger partial charge in [0.1, 0.15) is 24.4 Å². The molecule has 2 aromatic carbocycles. The number of Topliss-reactive ketones (excluding diaryl/α,β-unsaturated/α-hetero) is 1. The molecule has 11 atom stereocenters. The Labute approximate surface area is 354 Å². The van der Waals surface area contributed by atoms with Crippen LogP contribution in [0.4, 0.5) is 0 Å². The SMILES string of the molecule is CC(=O)O[C@@]12CO[C@@H]1C[C@H](O)[C@@]1(C)C(=O)[C@H](O)C3=C(C)[C@@H](OC(=O)[C@H](OC(=O)COC(=O)CCCS)[C@@H](C)c4ccccc4)C[C@H]([C@@H](OC(=O)c4ccccc4)[C@H]21)C3(C)C. The van der Waals surface area contributed by atoms with Gasteiger partial charge < -0.3 is 38.6 Å². The predicted molar refractivity (Wildman–Crippen MR) is 216 cm³/mol. The monoisotopic (exact) mass is 850 g/mol. The van der Waals surface area contributed by atoms with Gasteiger partial charge in [-0.2, -0.15) is 12.6 Å². The fourth-order valence-electron chi connectivity index (χ4n) is 9.96. The molecule has 1 saturated heterocycles. The molecule has 0 amide bonds. The fraction of sp³-hybridized carbons (Fsp3) is 0.556. The second kappa shape index (κ2) is 17.8. The number of aliphatic hydroxyl groups is 2. The van der Waals surface area contributed by atoms with Crippen LogP contribution in [0, 0.1) is 22.7 Å². The number of esters is 5. The Morgan fingerprint density at radius 1 is 0.933 bits per heavy atom. The van der Waals surface area contributed by atoms with E-state index in [1.54, 1.807) is 88.4 Å². The Bertz CT molecular complexity index is 2000. The third kappa shape index (κ3) is 8.25. The van der Waals surface area contributed by atoms with Crippen molar-refractivity contribution in [2.75, 3.05) is 19.0 Å². The average Bonchev–Trinajstić information content (AvgIpc) is 3.21. The normalized spacial score (nSPS) is 31.4. The van der Waals surface area contributed by atoms with E-state index in [2.05, 4.69) is 12.6 Å². The first-order valence-corrected chi connectivity index (χ1v) is 20.9. The lowest BCUT2D eigenvalue weighted by Crippen LogP contribution is -2.79. The molecule has 15 heteroatoms. The molecule has 0 spiro atoms. The summed E-state index contributed by atoms with van der Waals surface area (Å²) in [5.41, 5.74) is -3.12. The molecule has 2 bridgehead atoms. The molecule has 0 unspecified atom stereocenters. The molecule has 2 N–H and O–H groups in total. The van der Waals surface area contributed by atoms with E-state index in [4.69, 9.17) is 28.4 Å². The maximum Gasteiger partial charge on any atom is 0.348 e. The summed E-state index contributed by atoms with van der Waals surface area (Å²) in [6.07, 6.45) is -7.76. The van der Waals surface area contributed by atoms with Crippen molar-refractivity contribution in [3.8, 4) is 0 Å². The van der Waals surface area contributed by atoms with E-state index < -0.39 is 113 Å². The number of carbonyl (C=O) groups excluding carboxylic acids is 6. The maximum absolute atomic E-state index is 15.0. The first kappa shape index (κ1) is 45.0. The molecule has 60 heavy (non-hydrogen) atoms. The third-order valence-corrected chi connectivity index (χ3v) is 13.5. The fourth-order valence-corrected chi connectivity index (χ4v) is 10.1.